The van der Waals surface area contributed by atoms with Crippen molar-refractivity contribution in [3.8, 4) is 5.75 Å². The molecule has 0 saturated heterocycles. The number of hydrogen-bond acceptors (Lipinski definition) is 7. The summed E-state index contributed by atoms with van der Waals surface area (Å²) >= 11 is 0. The Labute approximate surface area is 184 Å². The molecule has 4 aromatic carbocycles. The molecule has 4 rings (SSSR count). The van der Waals surface area contributed by atoms with Gasteiger partial charge in [0.15, 0.2) is 5.75 Å². The normalized spacial score (nSPS) is 11.5. The molecule has 0 saturated carbocycles. The third kappa shape index (κ3) is 4.57. The first kappa shape index (κ1) is 21.0. The van der Waals surface area contributed by atoms with Gasteiger partial charge in [0.1, 0.15) is 4.90 Å². The molecular formula is C23H17N3O5S. The lowest BCUT2D eigenvalue weighted by molar-refractivity contribution is -0.384. The smallest absolute Gasteiger partial charge is 0.339 e. The molecule has 0 fully saturated rings. The number of non-ortho nitro benzene ring substituents is 1. The third-order valence-corrected chi connectivity index (χ3v) is 5.88. The van der Waals surface area contributed by atoms with Gasteiger partial charge in [0.25, 0.3) is 5.69 Å². The minimum Gasteiger partial charge on any atom is -0.378 e. The number of benzene rings is 4. The zero-order chi connectivity index (χ0) is 22.6. The van der Waals surface area contributed by atoms with Gasteiger partial charge < -0.3 is 4.18 Å². The standard InChI is InChI=1S/C23H17N3O5S/c27-26(28)19-11-13-20(14-12-19)32(29,30)31-23-15-10-17-6-4-5-9-21(17)22(23)16-24-25-18-7-2-1-3-8-18/h1-16,25H. The van der Waals surface area contributed by atoms with E-state index in [1.54, 1.807) is 12.1 Å². The van der Waals surface area contributed by atoms with E-state index < -0.39 is 15.0 Å². The summed E-state index contributed by atoms with van der Waals surface area (Å²) in [7, 11) is -4.23. The summed E-state index contributed by atoms with van der Waals surface area (Å²) < 4.78 is 31.0. The fourth-order valence-electron chi connectivity index (χ4n) is 3.07. The fraction of sp³-hybridized carbons (Fsp3) is 0. The van der Waals surface area contributed by atoms with Crippen LogP contribution in [0.3, 0.4) is 0 Å². The van der Waals surface area contributed by atoms with E-state index >= 15 is 0 Å². The maximum atomic E-state index is 12.8. The molecule has 32 heavy (non-hydrogen) atoms. The van der Waals surface area contributed by atoms with Crippen LogP contribution in [0.15, 0.2) is 101 Å². The second kappa shape index (κ2) is 8.86. The molecule has 4 aromatic rings. The van der Waals surface area contributed by atoms with E-state index in [0.717, 1.165) is 40.7 Å². The lowest BCUT2D eigenvalue weighted by Gasteiger charge is -2.12. The van der Waals surface area contributed by atoms with Crippen LogP contribution in [0.2, 0.25) is 0 Å². The Kier molecular flexibility index (Phi) is 5.82. The summed E-state index contributed by atoms with van der Waals surface area (Å²) in [5.74, 6) is 0.0839. The number of nitro benzene ring substituents is 1. The third-order valence-electron chi connectivity index (χ3n) is 4.63. The highest BCUT2D eigenvalue weighted by atomic mass is 32.2. The summed E-state index contributed by atoms with van der Waals surface area (Å²) in [5, 5.41) is 16.7. The van der Waals surface area contributed by atoms with E-state index in [0.29, 0.717) is 5.56 Å². The quantitative estimate of drug-likeness (QED) is 0.185. The molecule has 0 aromatic heterocycles. The van der Waals surface area contributed by atoms with Crippen molar-refractivity contribution in [1.82, 2.24) is 0 Å². The Hall–Kier alpha value is -4.24. The molecule has 0 radical (unpaired) electrons. The van der Waals surface area contributed by atoms with Crippen LogP contribution in [0, 0.1) is 10.1 Å². The number of nitrogens with one attached hydrogen (secondary N) is 1. The highest BCUT2D eigenvalue weighted by Crippen LogP contribution is 2.29. The first-order chi connectivity index (χ1) is 15.4. The molecule has 0 atom stereocenters. The van der Waals surface area contributed by atoms with E-state index in [9.17, 15) is 18.5 Å². The van der Waals surface area contributed by atoms with Crippen LogP contribution in [0.5, 0.6) is 5.75 Å². The van der Waals surface area contributed by atoms with Gasteiger partial charge in [0.2, 0.25) is 0 Å². The average Bonchev–Trinajstić information content (AvgIpc) is 2.81. The van der Waals surface area contributed by atoms with E-state index in [1.165, 1.54) is 6.21 Å². The molecule has 0 aliphatic heterocycles. The number of para-hydroxylation sites is 1. The first-order valence-corrected chi connectivity index (χ1v) is 10.9. The Morgan fingerprint density at radius 3 is 2.28 bits per heavy atom. The van der Waals surface area contributed by atoms with Crippen LogP contribution in [0.4, 0.5) is 11.4 Å². The summed E-state index contributed by atoms with van der Waals surface area (Å²) in [6.07, 6.45) is 1.50. The van der Waals surface area contributed by atoms with Crippen LogP contribution in [0.25, 0.3) is 10.8 Å². The molecule has 0 aliphatic carbocycles. The molecule has 160 valence electrons. The van der Waals surface area contributed by atoms with Crippen LogP contribution < -0.4 is 9.61 Å². The van der Waals surface area contributed by atoms with Gasteiger partial charge in [-0.3, -0.25) is 15.5 Å². The van der Waals surface area contributed by atoms with Gasteiger partial charge >= 0.3 is 10.1 Å². The van der Waals surface area contributed by atoms with Crippen LogP contribution in [0.1, 0.15) is 5.56 Å². The monoisotopic (exact) mass is 447 g/mol. The lowest BCUT2D eigenvalue weighted by Crippen LogP contribution is -2.11. The van der Waals surface area contributed by atoms with Crippen molar-refractivity contribution >= 4 is 38.5 Å². The first-order valence-electron chi connectivity index (χ1n) is 9.49. The predicted molar refractivity (Wildman–Crippen MR) is 123 cm³/mol. The largest absolute Gasteiger partial charge is 0.378 e. The topological polar surface area (TPSA) is 111 Å². The Morgan fingerprint density at radius 1 is 0.875 bits per heavy atom. The van der Waals surface area contributed by atoms with Gasteiger partial charge in [0, 0.05) is 17.7 Å². The van der Waals surface area contributed by atoms with Crippen molar-refractivity contribution in [2.75, 3.05) is 5.43 Å². The van der Waals surface area contributed by atoms with E-state index in [4.69, 9.17) is 4.18 Å². The second-order valence-corrected chi connectivity index (χ2v) is 8.27. The van der Waals surface area contributed by atoms with Gasteiger partial charge in [-0.2, -0.15) is 13.5 Å². The summed E-state index contributed by atoms with van der Waals surface area (Å²) in [5.41, 5.74) is 3.92. The van der Waals surface area contributed by atoms with Crippen LogP contribution >= 0.6 is 0 Å². The maximum absolute atomic E-state index is 12.8. The molecule has 0 amide bonds. The van der Waals surface area contributed by atoms with E-state index in [1.807, 2.05) is 54.6 Å². The highest BCUT2D eigenvalue weighted by molar-refractivity contribution is 7.87. The van der Waals surface area contributed by atoms with Crippen molar-refractivity contribution < 1.29 is 17.5 Å². The molecule has 0 unspecified atom stereocenters. The maximum Gasteiger partial charge on any atom is 0.339 e. The fourth-order valence-corrected chi connectivity index (χ4v) is 4.01. The second-order valence-electron chi connectivity index (χ2n) is 6.72. The van der Waals surface area contributed by atoms with Gasteiger partial charge in [-0.05, 0) is 41.1 Å². The molecule has 0 heterocycles. The van der Waals surface area contributed by atoms with E-state index in [-0.39, 0.29) is 16.3 Å². The SMILES string of the molecule is O=[N+]([O-])c1ccc(S(=O)(=O)Oc2ccc3ccccc3c2C=NNc2ccccc2)cc1. The minimum atomic E-state index is -4.23. The molecule has 1 N–H and O–H groups in total. The van der Waals surface area contributed by atoms with Gasteiger partial charge in [-0.15, -0.1) is 0 Å². The molecule has 0 spiro atoms. The number of hydrogen-bond donors (Lipinski definition) is 1. The summed E-state index contributed by atoms with van der Waals surface area (Å²) in [6.45, 7) is 0. The van der Waals surface area contributed by atoms with Crippen molar-refractivity contribution in [1.29, 1.82) is 0 Å². The minimum absolute atomic E-state index is 0.0839. The van der Waals surface area contributed by atoms with Gasteiger partial charge in [-0.25, -0.2) is 0 Å². The van der Waals surface area contributed by atoms with Crippen molar-refractivity contribution in [3.05, 3.63) is 107 Å². The van der Waals surface area contributed by atoms with Crippen molar-refractivity contribution in [2.45, 2.75) is 4.90 Å². The van der Waals surface area contributed by atoms with Gasteiger partial charge in [-0.1, -0.05) is 48.5 Å². The van der Waals surface area contributed by atoms with Crippen molar-refractivity contribution in [3.63, 3.8) is 0 Å². The number of nitrogens with zero attached hydrogens (tertiary/aromatic N) is 2. The van der Waals surface area contributed by atoms with Gasteiger partial charge in [0.05, 0.1) is 16.8 Å². The molecule has 8 nitrogen and oxygen atoms in total. The molecule has 0 bridgehead atoms. The Balaban J connectivity index is 1.70. The number of rotatable bonds is 7. The zero-order valence-corrected chi connectivity index (χ0v) is 17.4. The highest BCUT2D eigenvalue weighted by Gasteiger charge is 2.20. The molecule has 9 heteroatoms. The number of nitro groups is 1. The van der Waals surface area contributed by atoms with E-state index in [2.05, 4.69) is 10.5 Å². The predicted octanol–water partition coefficient (Wildman–Crippen LogP) is 4.96. The summed E-state index contributed by atoms with van der Waals surface area (Å²) in [6, 6.07) is 24.5. The molecular weight excluding hydrogens is 430 g/mol. The van der Waals surface area contributed by atoms with Crippen LogP contribution in [-0.4, -0.2) is 19.6 Å². The lowest BCUT2D eigenvalue weighted by atomic mass is 10.0. The number of fused-ring (bicyclic) bond motifs is 1. The Bertz CT molecular complexity index is 1400. The Morgan fingerprint density at radius 2 is 1.56 bits per heavy atom. The van der Waals surface area contributed by atoms with Crippen molar-refractivity contribution in [2.24, 2.45) is 5.10 Å². The average molecular weight is 447 g/mol. The summed E-state index contributed by atoms with van der Waals surface area (Å²) in [4.78, 5) is 10.0. The number of anilines is 1. The van der Waals surface area contributed by atoms with Crippen LogP contribution in [-0.2, 0) is 10.1 Å². The number of hydrazone groups is 1. The zero-order valence-electron chi connectivity index (χ0n) is 16.6. The molecule has 0 aliphatic rings.